The topological polar surface area (TPSA) is 123 Å². The number of imidazole rings is 1. The predicted molar refractivity (Wildman–Crippen MR) is 117 cm³/mol. The summed E-state index contributed by atoms with van der Waals surface area (Å²) in [5.74, 6) is 0.473. The molecular weight excluding hydrogens is 394 g/mol. The van der Waals surface area contributed by atoms with E-state index in [2.05, 4.69) is 39.4 Å². The molecule has 3 heterocycles. The van der Waals surface area contributed by atoms with Crippen LogP contribution in [0.5, 0.6) is 5.88 Å². The Morgan fingerprint density at radius 2 is 2.13 bits per heavy atom. The summed E-state index contributed by atoms with van der Waals surface area (Å²) in [7, 11) is 0. The normalized spacial score (nSPS) is 16.2. The minimum absolute atomic E-state index is 0.102. The van der Waals surface area contributed by atoms with E-state index in [0.29, 0.717) is 22.7 Å². The molecule has 4 aromatic rings. The molecule has 1 aromatic carbocycles. The number of hydrogen-bond acceptors (Lipinski definition) is 6. The van der Waals surface area contributed by atoms with Gasteiger partial charge < -0.3 is 15.4 Å². The Bertz CT molecular complexity index is 1400. The van der Waals surface area contributed by atoms with Gasteiger partial charge in [0.1, 0.15) is 11.5 Å². The van der Waals surface area contributed by atoms with Crippen LogP contribution in [0.3, 0.4) is 0 Å². The Morgan fingerprint density at radius 3 is 2.81 bits per heavy atom. The van der Waals surface area contributed by atoms with Crippen LogP contribution in [-0.2, 0) is 0 Å². The first-order valence-corrected chi connectivity index (χ1v) is 10.4. The largest absolute Gasteiger partial charge is 0.493 e. The molecule has 1 aliphatic rings. The van der Waals surface area contributed by atoms with Crippen LogP contribution in [0, 0.1) is 0 Å². The Labute approximate surface area is 177 Å². The Kier molecular flexibility index (Phi) is 4.78. The van der Waals surface area contributed by atoms with Crippen molar-refractivity contribution >= 4 is 17.5 Å². The number of aromatic amines is 2. The van der Waals surface area contributed by atoms with Crippen LogP contribution >= 0.6 is 0 Å². The third-order valence-electron chi connectivity index (χ3n) is 5.31. The first kappa shape index (κ1) is 19.1. The summed E-state index contributed by atoms with van der Waals surface area (Å²) in [5.41, 5.74) is 2.30. The SMILES string of the molecule is CC[C@H](Nc1cc(=NC2CC2)n2nc/c(=C/c3[nH]c(=O)[nH]c3O)c2n1)c1ccccc1. The molecule has 1 saturated carbocycles. The van der Waals surface area contributed by atoms with Gasteiger partial charge in [0.2, 0.25) is 5.88 Å². The first-order chi connectivity index (χ1) is 15.1. The number of anilines is 1. The Hall–Kier alpha value is -3.88. The van der Waals surface area contributed by atoms with Crippen molar-refractivity contribution in [3.05, 3.63) is 75.0 Å². The molecule has 9 nitrogen and oxygen atoms in total. The van der Waals surface area contributed by atoms with E-state index in [-0.39, 0.29) is 17.6 Å². The summed E-state index contributed by atoms with van der Waals surface area (Å²) in [5, 5.41) is 18.6. The zero-order valence-corrected chi connectivity index (χ0v) is 17.0. The fourth-order valence-electron chi connectivity index (χ4n) is 3.55. The summed E-state index contributed by atoms with van der Waals surface area (Å²) in [6.45, 7) is 2.13. The predicted octanol–water partition coefficient (Wildman–Crippen LogP) is 1.63. The van der Waals surface area contributed by atoms with E-state index in [0.717, 1.165) is 24.8 Å². The van der Waals surface area contributed by atoms with E-state index in [1.165, 1.54) is 5.56 Å². The molecule has 31 heavy (non-hydrogen) atoms. The molecular formula is C22H23N7O2. The average Bonchev–Trinajstić information content (AvgIpc) is 3.41. The number of aromatic hydroxyl groups is 1. The Morgan fingerprint density at radius 1 is 1.32 bits per heavy atom. The molecule has 0 amide bonds. The van der Waals surface area contributed by atoms with Gasteiger partial charge in [0.05, 0.1) is 18.3 Å². The fourth-order valence-corrected chi connectivity index (χ4v) is 3.55. The van der Waals surface area contributed by atoms with Crippen LogP contribution in [0.15, 0.2) is 52.4 Å². The minimum Gasteiger partial charge on any atom is -0.493 e. The van der Waals surface area contributed by atoms with Crippen LogP contribution in [0.2, 0.25) is 0 Å². The van der Waals surface area contributed by atoms with Gasteiger partial charge in [-0.1, -0.05) is 37.3 Å². The second kappa shape index (κ2) is 7.75. The number of nitrogens with zero attached hydrogens (tertiary/aromatic N) is 4. The van der Waals surface area contributed by atoms with Crippen molar-refractivity contribution in [3.63, 3.8) is 0 Å². The molecule has 1 aliphatic carbocycles. The number of aromatic nitrogens is 5. The molecule has 4 N–H and O–H groups in total. The van der Waals surface area contributed by atoms with Gasteiger partial charge >= 0.3 is 5.69 Å². The van der Waals surface area contributed by atoms with Crippen molar-refractivity contribution in [2.24, 2.45) is 4.99 Å². The average molecular weight is 417 g/mol. The molecule has 1 fully saturated rings. The van der Waals surface area contributed by atoms with Gasteiger partial charge in [-0.25, -0.2) is 9.78 Å². The van der Waals surface area contributed by atoms with Gasteiger partial charge in [-0.05, 0) is 30.9 Å². The molecule has 0 aliphatic heterocycles. The lowest BCUT2D eigenvalue weighted by molar-refractivity contribution is 0.454. The van der Waals surface area contributed by atoms with Gasteiger partial charge in [-0.2, -0.15) is 9.61 Å². The van der Waals surface area contributed by atoms with Crippen molar-refractivity contribution in [1.29, 1.82) is 0 Å². The molecule has 0 spiro atoms. The number of hydrogen-bond donors (Lipinski definition) is 4. The summed E-state index contributed by atoms with van der Waals surface area (Å²) < 4.78 is 1.70. The second-order valence-electron chi connectivity index (χ2n) is 7.70. The maximum absolute atomic E-state index is 11.5. The van der Waals surface area contributed by atoms with Crippen LogP contribution in [0.4, 0.5) is 5.82 Å². The highest BCUT2D eigenvalue weighted by molar-refractivity contribution is 5.58. The first-order valence-electron chi connectivity index (χ1n) is 10.4. The summed E-state index contributed by atoms with van der Waals surface area (Å²) in [6.07, 6.45) is 6.33. The van der Waals surface area contributed by atoms with Gasteiger partial charge in [0.15, 0.2) is 11.1 Å². The zero-order valence-electron chi connectivity index (χ0n) is 17.0. The number of nitrogens with one attached hydrogen (secondary N) is 3. The lowest BCUT2D eigenvalue weighted by Crippen LogP contribution is -2.21. The summed E-state index contributed by atoms with van der Waals surface area (Å²) in [4.78, 5) is 25.9. The fraction of sp³-hybridized carbons (Fsp3) is 0.273. The molecule has 3 aromatic heterocycles. The van der Waals surface area contributed by atoms with Crippen LogP contribution in [0.1, 0.15) is 43.5 Å². The molecule has 1 atom stereocenters. The summed E-state index contributed by atoms with van der Waals surface area (Å²) in [6, 6.07) is 12.6. The van der Waals surface area contributed by atoms with Crippen molar-refractivity contribution in [3.8, 4) is 5.88 Å². The highest BCUT2D eigenvalue weighted by Gasteiger charge is 2.20. The van der Waals surface area contributed by atoms with E-state index in [1.54, 1.807) is 16.8 Å². The lowest BCUT2D eigenvalue weighted by atomic mass is 10.0. The number of H-pyrrole nitrogens is 2. The van der Waals surface area contributed by atoms with Crippen LogP contribution in [0.25, 0.3) is 11.7 Å². The van der Waals surface area contributed by atoms with E-state index in [9.17, 15) is 9.90 Å². The maximum atomic E-state index is 11.5. The molecule has 158 valence electrons. The minimum atomic E-state index is -0.478. The van der Waals surface area contributed by atoms with E-state index in [4.69, 9.17) is 9.98 Å². The molecule has 0 radical (unpaired) electrons. The van der Waals surface area contributed by atoms with Gasteiger partial charge in [0.25, 0.3) is 0 Å². The van der Waals surface area contributed by atoms with Crippen molar-refractivity contribution in [2.45, 2.75) is 38.3 Å². The van der Waals surface area contributed by atoms with E-state index in [1.807, 2.05) is 24.3 Å². The highest BCUT2D eigenvalue weighted by atomic mass is 16.3. The quantitative estimate of drug-likeness (QED) is 0.380. The molecule has 5 rings (SSSR count). The monoisotopic (exact) mass is 417 g/mol. The zero-order chi connectivity index (χ0) is 21.4. The smallest absolute Gasteiger partial charge is 0.326 e. The molecule has 0 unspecified atom stereocenters. The second-order valence-corrected chi connectivity index (χ2v) is 7.70. The van der Waals surface area contributed by atoms with Crippen molar-refractivity contribution < 1.29 is 5.11 Å². The standard InChI is InChI=1S/C22H23N7O2/c1-2-16(13-6-4-3-5-7-13)25-18-11-19(24-15-8-9-15)29-20(27-18)14(12-23-29)10-17-21(30)28-22(31)26-17/h3-7,10-12,15-16,25,30H,2,8-9H2,1H3,(H2,26,28,31)/b14-10-,24-19?/t16-/m0/s1. The van der Waals surface area contributed by atoms with Gasteiger partial charge in [-0.3, -0.25) is 9.98 Å². The Balaban J connectivity index is 1.64. The number of fused-ring (bicyclic) bond motifs is 1. The van der Waals surface area contributed by atoms with Crippen molar-refractivity contribution in [1.82, 2.24) is 24.6 Å². The van der Waals surface area contributed by atoms with Gasteiger partial charge in [0, 0.05) is 11.3 Å². The molecule has 0 saturated heterocycles. The van der Waals surface area contributed by atoms with E-state index >= 15 is 0 Å². The van der Waals surface area contributed by atoms with Gasteiger partial charge in [-0.15, -0.1) is 0 Å². The number of benzene rings is 1. The molecule has 0 bridgehead atoms. The molecule has 9 heteroatoms. The van der Waals surface area contributed by atoms with E-state index < -0.39 is 5.69 Å². The van der Waals surface area contributed by atoms with Crippen LogP contribution in [-0.4, -0.2) is 35.7 Å². The third kappa shape index (κ3) is 3.94. The lowest BCUT2D eigenvalue weighted by Gasteiger charge is -2.18. The highest BCUT2D eigenvalue weighted by Crippen LogP contribution is 2.23. The third-order valence-corrected chi connectivity index (χ3v) is 5.31. The number of rotatable bonds is 6. The maximum Gasteiger partial charge on any atom is 0.326 e. The van der Waals surface area contributed by atoms with Crippen LogP contribution < -0.4 is 21.7 Å². The summed E-state index contributed by atoms with van der Waals surface area (Å²) >= 11 is 0. The van der Waals surface area contributed by atoms with Crippen molar-refractivity contribution in [2.75, 3.05) is 5.32 Å².